The van der Waals surface area contributed by atoms with E-state index in [-0.39, 0.29) is 0 Å². The lowest BCUT2D eigenvalue weighted by Crippen LogP contribution is -2.00. The Hall–Kier alpha value is -1.20. The first kappa shape index (κ1) is 11.3. The fourth-order valence-electron chi connectivity index (χ4n) is 1.23. The Morgan fingerprint density at radius 3 is 2.88 bits per heavy atom. The first-order chi connectivity index (χ1) is 7.72. The number of thiazole rings is 1. The van der Waals surface area contributed by atoms with Gasteiger partial charge in [0.15, 0.2) is 5.69 Å². The van der Waals surface area contributed by atoms with E-state index in [2.05, 4.69) is 25.7 Å². The van der Waals surface area contributed by atoms with Crippen LogP contribution in [-0.2, 0) is 4.74 Å². The van der Waals surface area contributed by atoms with Crippen molar-refractivity contribution in [2.75, 3.05) is 7.11 Å². The van der Waals surface area contributed by atoms with E-state index in [1.807, 2.05) is 24.3 Å². The van der Waals surface area contributed by atoms with Crippen LogP contribution in [0.15, 0.2) is 34.1 Å². The number of ether oxygens (including phenoxy) is 1. The summed E-state index contributed by atoms with van der Waals surface area (Å²) in [5.41, 5.74) is 1.32. The number of halogens is 1. The lowest BCUT2D eigenvalue weighted by molar-refractivity contribution is 0.0595. The molecule has 1 heterocycles. The molecule has 82 valence electrons. The maximum atomic E-state index is 11.3. The molecule has 0 saturated carbocycles. The monoisotopic (exact) mass is 297 g/mol. The van der Waals surface area contributed by atoms with Crippen molar-refractivity contribution in [2.24, 2.45) is 0 Å². The molecule has 2 rings (SSSR count). The minimum Gasteiger partial charge on any atom is -0.464 e. The van der Waals surface area contributed by atoms with Crippen molar-refractivity contribution in [3.8, 4) is 10.6 Å². The molecule has 0 fully saturated rings. The maximum absolute atomic E-state index is 11.3. The Balaban J connectivity index is 2.39. The third-order valence-electron chi connectivity index (χ3n) is 2.00. The molecule has 0 aliphatic rings. The van der Waals surface area contributed by atoms with Crippen molar-refractivity contribution in [2.45, 2.75) is 0 Å². The molecule has 0 spiro atoms. The van der Waals surface area contributed by atoms with E-state index < -0.39 is 5.97 Å². The van der Waals surface area contributed by atoms with Crippen LogP contribution in [0.2, 0.25) is 0 Å². The molecule has 0 bridgehead atoms. The molecule has 0 aliphatic heterocycles. The van der Waals surface area contributed by atoms with Gasteiger partial charge in [-0.05, 0) is 6.07 Å². The normalized spacial score (nSPS) is 10.1. The van der Waals surface area contributed by atoms with Crippen molar-refractivity contribution in [1.82, 2.24) is 4.98 Å². The SMILES string of the molecule is COC(=O)c1csc(-c2ccccc2Br)n1. The molecular weight excluding hydrogens is 290 g/mol. The molecule has 1 aromatic heterocycles. The number of nitrogens with zero attached hydrogens (tertiary/aromatic N) is 1. The number of hydrogen-bond acceptors (Lipinski definition) is 4. The molecular formula is C11H8BrNO2S. The van der Waals surface area contributed by atoms with Gasteiger partial charge >= 0.3 is 5.97 Å². The summed E-state index contributed by atoms with van der Waals surface area (Å²) in [4.78, 5) is 15.5. The smallest absolute Gasteiger partial charge is 0.357 e. The van der Waals surface area contributed by atoms with Crippen LogP contribution in [-0.4, -0.2) is 18.1 Å². The third kappa shape index (κ3) is 2.15. The Bertz CT molecular complexity index is 524. The summed E-state index contributed by atoms with van der Waals surface area (Å²) in [7, 11) is 1.35. The zero-order valence-electron chi connectivity index (χ0n) is 8.44. The Kier molecular flexibility index (Phi) is 3.36. The molecule has 0 saturated heterocycles. The van der Waals surface area contributed by atoms with E-state index in [1.165, 1.54) is 18.4 Å². The van der Waals surface area contributed by atoms with E-state index in [1.54, 1.807) is 5.38 Å². The quantitative estimate of drug-likeness (QED) is 0.798. The van der Waals surface area contributed by atoms with Crippen molar-refractivity contribution in [3.05, 3.63) is 39.8 Å². The minimum absolute atomic E-state index is 0.346. The summed E-state index contributed by atoms with van der Waals surface area (Å²) in [6, 6.07) is 7.75. The zero-order valence-corrected chi connectivity index (χ0v) is 10.8. The van der Waals surface area contributed by atoms with Crippen molar-refractivity contribution in [3.63, 3.8) is 0 Å². The van der Waals surface area contributed by atoms with Gasteiger partial charge < -0.3 is 4.74 Å². The molecule has 0 aliphatic carbocycles. The molecule has 1 aromatic carbocycles. The predicted molar refractivity (Wildman–Crippen MR) is 66.6 cm³/mol. The highest BCUT2D eigenvalue weighted by Crippen LogP contribution is 2.30. The molecule has 3 nitrogen and oxygen atoms in total. The fraction of sp³-hybridized carbons (Fsp3) is 0.0909. The number of benzene rings is 1. The highest BCUT2D eigenvalue weighted by atomic mass is 79.9. The topological polar surface area (TPSA) is 39.2 Å². The second kappa shape index (κ2) is 4.76. The standard InChI is InChI=1S/C11H8BrNO2S/c1-15-11(14)9-6-16-10(13-9)7-4-2-3-5-8(7)12/h2-6H,1H3. The van der Waals surface area contributed by atoms with E-state index in [9.17, 15) is 4.79 Å². The Morgan fingerprint density at radius 1 is 1.44 bits per heavy atom. The number of hydrogen-bond donors (Lipinski definition) is 0. The van der Waals surface area contributed by atoms with Crippen LogP contribution >= 0.6 is 27.3 Å². The third-order valence-corrected chi connectivity index (χ3v) is 3.57. The van der Waals surface area contributed by atoms with Gasteiger partial charge in [-0.2, -0.15) is 0 Å². The van der Waals surface area contributed by atoms with Gasteiger partial charge in [0, 0.05) is 15.4 Å². The number of rotatable bonds is 2. The van der Waals surface area contributed by atoms with Crippen molar-refractivity contribution >= 4 is 33.2 Å². The summed E-state index contributed by atoms with van der Waals surface area (Å²) >= 11 is 4.87. The van der Waals surface area contributed by atoms with Gasteiger partial charge in [-0.25, -0.2) is 9.78 Å². The first-order valence-electron chi connectivity index (χ1n) is 4.51. The first-order valence-corrected chi connectivity index (χ1v) is 6.18. The summed E-state index contributed by atoms with van der Waals surface area (Å²) in [6.07, 6.45) is 0. The predicted octanol–water partition coefficient (Wildman–Crippen LogP) is 3.36. The van der Waals surface area contributed by atoms with Gasteiger partial charge in [-0.3, -0.25) is 0 Å². The van der Waals surface area contributed by atoms with E-state index in [0.29, 0.717) is 5.69 Å². The number of esters is 1. The molecule has 0 amide bonds. The molecule has 0 radical (unpaired) electrons. The fourth-order valence-corrected chi connectivity index (χ4v) is 2.66. The van der Waals surface area contributed by atoms with Crippen LogP contribution in [0.5, 0.6) is 0 Å². The van der Waals surface area contributed by atoms with Crippen LogP contribution in [0.1, 0.15) is 10.5 Å². The second-order valence-corrected chi connectivity index (χ2v) is 4.72. The summed E-state index contributed by atoms with van der Waals surface area (Å²) < 4.78 is 5.57. The highest BCUT2D eigenvalue weighted by Gasteiger charge is 2.12. The number of aromatic nitrogens is 1. The molecule has 0 unspecified atom stereocenters. The molecule has 2 aromatic rings. The lowest BCUT2D eigenvalue weighted by atomic mass is 10.2. The zero-order chi connectivity index (χ0) is 11.5. The van der Waals surface area contributed by atoms with E-state index in [0.717, 1.165) is 15.0 Å². The van der Waals surface area contributed by atoms with E-state index in [4.69, 9.17) is 0 Å². The van der Waals surface area contributed by atoms with Gasteiger partial charge in [-0.15, -0.1) is 11.3 Å². The van der Waals surface area contributed by atoms with Crippen molar-refractivity contribution < 1.29 is 9.53 Å². The van der Waals surface area contributed by atoms with Crippen LogP contribution in [0.3, 0.4) is 0 Å². The van der Waals surface area contributed by atoms with E-state index >= 15 is 0 Å². The summed E-state index contributed by atoms with van der Waals surface area (Å²) in [5.74, 6) is -0.408. The largest absolute Gasteiger partial charge is 0.464 e. The molecule has 5 heteroatoms. The molecule has 0 atom stereocenters. The van der Waals surface area contributed by atoms with Crippen LogP contribution in [0.4, 0.5) is 0 Å². The Morgan fingerprint density at radius 2 is 2.19 bits per heavy atom. The van der Waals surface area contributed by atoms with Gasteiger partial charge in [0.1, 0.15) is 5.01 Å². The van der Waals surface area contributed by atoms with Gasteiger partial charge in [0.2, 0.25) is 0 Å². The molecule has 0 N–H and O–H groups in total. The average Bonchev–Trinajstić information content (AvgIpc) is 2.78. The van der Waals surface area contributed by atoms with Crippen LogP contribution < -0.4 is 0 Å². The average molecular weight is 298 g/mol. The van der Waals surface area contributed by atoms with Crippen molar-refractivity contribution in [1.29, 1.82) is 0 Å². The van der Waals surface area contributed by atoms with Crippen LogP contribution in [0.25, 0.3) is 10.6 Å². The summed E-state index contributed by atoms with van der Waals surface area (Å²) in [5, 5.41) is 2.49. The van der Waals surface area contributed by atoms with Gasteiger partial charge in [0.05, 0.1) is 7.11 Å². The number of carbonyl (C=O) groups is 1. The number of carbonyl (C=O) groups excluding carboxylic acids is 1. The highest BCUT2D eigenvalue weighted by molar-refractivity contribution is 9.10. The maximum Gasteiger partial charge on any atom is 0.357 e. The number of methoxy groups -OCH3 is 1. The minimum atomic E-state index is -0.408. The lowest BCUT2D eigenvalue weighted by Gasteiger charge is -1.98. The molecule has 16 heavy (non-hydrogen) atoms. The Labute approximate surface area is 105 Å². The summed E-state index contributed by atoms with van der Waals surface area (Å²) in [6.45, 7) is 0. The second-order valence-electron chi connectivity index (χ2n) is 3.01. The van der Waals surface area contributed by atoms with Gasteiger partial charge in [0.25, 0.3) is 0 Å². The van der Waals surface area contributed by atoms with Crippen LogP contribution in [0, 0.1) is 0 Å². The van der Waals surface area contributed by atoms with Gasteiger partial charge in [-0.1, -0.05) is 34.1 Å².